The van der Waals surface area contributed by atoms with E-state index < -0.39 is 6.10 Å². The summed E-state index contributed by atoms with van der Waals surface area (Å²) >= 11 is 6.40. The number of nitrogens with one attached hydrogen (secondary N) is 1. The van der Waals surface area contributed by atoms with Crippen molar-refractivity contribution in [3.8, 4) is 17.2 Å². The quantitative estimate of drug-likeness (QED) is 0.409. The van der Waals surface area contributed by atoms with Gasteiger partial charge in [0.25, 0.3) is 0 Å². The molecule has 2 aliphatic rings. The molecule has 0 spiro atoms. The summed E-state index contributed by atoms with van der Waals surface area (Å²) in [5.41, 5.74) is 4.60. The van der Waals surface area contributed by atoms with Crippen LogP contribution in [0.1, 0.15) is 35.8 Å². The van der Waals surface area contributed by atoms with Crippen LogP contribution in [0.4, 0.5) is 5.95 Å². The van der Waals surface area contributed by atoms with E-state index in [9.17, 15) is 0 Å². The predicted octanol–water partition coefficient (Wildman–Crippen LogP) is 5.29. The van der Waals surface area contributed by atoms with Crippen molar-refractivity contribution in [3.05, 3.63) is 94.5 Å². The van der Waals surface area contributed by atoms with E-state index in [-0.39, 0.29) is 6.04 Å². The average Bonchev–Trinajstić information content (AvgIpc) is 3.36. The molecule has 8 nitrogen and oxygen atoms in total. The molecule has 0 amide bonds. The highest BCUT2D eigenvalue weighted by Gasteiger charge is 2.41. The lowest BCUT2D eigenvalue weighted by Gasteiger charge is -2.39. The first-order valence-corrected chi connectivity index (χ1v) is 11.6. The topological polar surface area (TPSA) is 83.3 Å². The van der Waals surface area contributed by atoms with Gasteiger partial charge in [0, 0.05) is 34.1 Å². The molecule has 176 valence electrons. The second kappa shape index (κ2) is 8.63. The lowest BCUT2D eigenvalue weighted by Crippen LogP contribution is -2.32. The van der Waals surface area contributed by atoms with Crippen molar-refractivity contribution in [3.63, 3.8) is 0 Å². The summed E-state index contributed by atoms with van der Waals surface area (Å²) < 4.78 is 19.9. The normalized spacial score (nSPS) is 18.0. The number of halogens is 1. The van der Waals surface area contributed by atoms with Crippen molar-refractivity contribution in [2.75, 3.05) is 19.0 Å². The number of hydrogen-bond donors (Lipinski definition) is 1. The van der Waals surface area contributed by atoms with E-state index >= 15 is 0 Å². The molecule has 1 N–H and O–H groups in total. The summed E-state index contributed by atoms with van der Waals surface area (Å²) in [6.45, 7) is 2.49. The fourth-order valence-electron chi connectivity index (χ4n) is 4.70. The lowest BCUT2D eigenvalue weighted by molar-refractivity contribution is 0.222. The van der Waals surface area contributed by atoms with Gasteiger partial charge < -0.3 is 19.5 Å². The van der Waals surface area contributed by atoms with Crippen LogP contribution in [0.2, 0.25) is 5.02 Å². The second-order valence-electron chi connectivity index (χ2n) is 8.15. The summed E-state index contributed by atoms with van der Waals surface area (Å²) in [7, 11) is 1.63. The summed E-state index contributed by atoms with van der Waals surface area (Å²) in [5, 5.41) is 8.63. The van der Waals surface area contributed by atoms with E-state index in [2.05, 4.69) is 20.4 Å². The molecule has 2 aromatic heterocycles. The first-order chi connectivity index (χ1) is 17.2. The largest absolute Gasteiger partial charge is 0.493 e. The molecule has 35 heavy (non-hydrogen) atoms. The first kappa shape index (κ1) is 21.5. The van der Waals surface area contributed by atoms with Gasteiger partial charge in [0.2, 0.25) is 5.95 Å². The Morgan fingerprint density at radius 1 is 1.11 bits per heavy atom. The molecular formula is C26H22ClN5O3. The number of anilines is 1. The van der Waals surface area contributed by atoms with E-state index in [1.165, 1.54) is 0 Å². The Labute approximate surface area is 207 Å². The van der Waals surface area contributed by atoms with E-state index in [1.54, 1.807) is 19.6 Å². The van der Waals surface area contributed by atoms with Crippen LogP contribution in [0.3, 0.4) is 0 Å². The Morgan fingerprint density at radius 3 is 2.83 bits per heavy atom. The minimum absolute atomic E-state index is 0.299. The average molecular weight is 488 g/mol. The Kier molecular flexibility index (Phi) is 5.30. The van der Waals surface area contributed by atoms with Gasteiger partial charge in [-0.05, 0) is 48.9 Å². The Hall–Kier alpha value is -4.04. The molecule has 2 atom stereocenters. The molecular weight excluding hydrogens is 466 g/mol. The van der Waals surface area contributed by atoms with Crippen molar-refractivity contribution in [1.29, 1.82) is 0 Å². The van der Waals surface area contributed by atoms with Crippen molar-refractivity contribution in [2.24, 2.45) is 0 Å². The van der Waals surface area contributed by atoms with Crippen LogP contribution in [-0.2, 0) is 0 Å². The van der Waals surface area contributed by atoms with E-state index in [1.807, 2.05) is 66.3 Å². The molecule has 4 aromatic rings. The number of nitrogens with zero attached hydrogens (tertiary/aromatic N) is 4. The van der Waals surface area contributed by atoms with Crippen LogP contribution in [0, 0.1) is 0 Å². The maximum atomic E-state index is 6.65. The van der Waals surface area contributed by atoms with Gasteiger partial charge in [-0.15, -0.1) is 0 Å². The molecule has 0 bridgehead atoms. The van der Waals surface area contributed by atoms with E-state index in [0.717, 1.165) is 33.7 Å². The molecule has 0 fully saturated rings. The number of rotatable bonds is 5. The van der Waals surface area contributed by atoms with Crippen molar-refractivity contribution in [1.82, 2.24) is 19.7 Å². The monoisotopic (exact) mass is 487 g/mol. The zero-order valence-electron chi connectivity index (χ0n) is 19.1. The standard InChI is InChI=1S/C26H22ClN5O3/c1-3-34-20-8-6-15(11-21(20)33-2)25-22-23(18-12-17(27)7-9-19(18)35-25)31-26-29-14-30-32(26)24(22)16-5-4-10-28-13-16/h4-14,24-25H,3H2,1-2H3,(H,29,30,31)/t24-,25-/m1/s1. The fourth-order valence-corrected chi connectivity index (χ4v) is 4.87. The third-order valence-corrected chi connectivity index (χ3v) is 6.40. The number of benzene rings is 2. The summed E-state index contributed by atoms with van der Waals surface area (Å²) in [6, 6.07) is 15.1. The van der Waals surface area contributed by atoms with Gasteiger partial charge in [0.15, 0.2) is 11.5 Å². The summed E-state index contributed by atoms with van der Waals surface area (Å²) in [5.74, 6) is 2.67. The number of ether oxygens (including phenoxy) is 3. The molecule has 6 rings (SSSR count). The van der Waals surface area contributed by atoms with Crippen LogP contribution in [0.25, 0.3) is 5.70 Å². The molecule has 4 heterocycles. The van der Waals surface area contributed by atoms with Crippen LogP contribution in [0.15, 0.2) is 72.8 Å². The highest BCUT2D eigenvalue weighted by molar-refractivity contribution is 6.30. The van der Waals surface area contributed by atoms with Crippen LogP contribution >= 0.6 is 11.6 Å². The van der Waals surface area contributed by atoms with Gasteiger partial charge in [-0.25, -0.2) is 4.68 Å². The third kappa shape index (κ3) is 3.57. The maximum absolute atomic E-state index is 6.65. The van der Waals surface area contributed by atoms with E-state index in [0.29, 0.717) is 29.1 Å². The van der Waals surface area contributed by atoms with Gasteiger partial charge >= 0.3 is 0 Å². The predicted molar refractivity (Wildman–Crippen MR) is 132 cm³/mol. The molecule has 0 aliphatic carbocycles. The SMILES string of the molecule is CCOc1ccc([C@H]2Oc3ccc(Cl)cc3C3=C2[C@@H](c2cccnc2)n2ncnc2N3)cc1OC. The Morgan fingerprint density at radius 2 is 2.03 bits per heavy atom. The molecule has 0 saturated heterocycles. The molecule has 0 saturated carbocycles. The zero-order chi connectivity index (χ0) is 23.9. The van der Waals surface area contributed by atoms with E-state index in [4.69, 9.17) is 25.8 Å². The number of pyridine rings is 1. The Balaban J connectivity index is 1.59. The van der Waals surface area contributed by atoms with Crippen LogP contribution < -0.4 is 19.5 Å². The molecule has 2 aromatic carbocycles. The van der Waals surface area contributed by atoms with Crippen LogP contribution in [0.5, 0.6) is 17.2 Å². The molecule has 0 unspecified atom stereocenters. The lowest BCUT2D eigenvalue weighted by atomic mass is 9.85. The molecule has 2 aliphatic heterocycles. The van der Waals surface area contributed by atoms with Crippen LogP contribution in [-0.4, -0.2) is 33.5 Å². The van der Waals surface area contributed by atoms with Gasteiger partial charge in [-0.3, -0.25) is 4.98 Å². The van der Waals surface area contributed by atoms with Gasteiger partial charge in [-0.1, -0.05) is 23.7 Å². The molecule has 9 heteroatoms. The van der Waals surface area contributed by atoms with Crippen molar-refractivity contribution < 1.29 is 14.2 Å². The maximum Gasteiger partial charge on any atom is 0.226 e. The summed E-state index contributed by atoms with van der Waals surface area (Å²) in [4.78, 5) is 8.82. The van der Waals surface area contributed by atoms with Crippen molar-refractivity contribution in [2.45, 2.75) is 19.1 Å². The number of hydrogen-bond acceptors (Lipinski definition) is 7. The Bertz CT molecular complexity index is 1440. The van der Waals surface area contributed by atoms with Gasteiger partial charge in [0.05, 0.1) is 19.4 Å². The minimum Gasteiger partial charge on any atom is -0.493 e. The van der Waals surface area contributed by atoms with Crippen molar-refractivity contribution >= 4 is 23.2 Å². The highest BCUT2D eigenvalue weighted by Crippen LogP contribution is 2.51. The fraction of sp³-hybridized carbons (Fsp3) is 0.192. The number of aromatic nitrogens is 4. The number of fused-ring (bicyclic) bond motifs is 3. The zero-order valence-corrected chi connectivity index (χ0v) is 19.9. The smallest absolute Gasteiger partial charge is 0.226 e. The minimum atomic E-state index is -0.446. The first-order valence-electron chi connectivity index (χ1n) is 11.3. The summed E-state index contributed by atoms with van der Waals surface area (Å²) in [6.07, 6.45) is 4.69. The third-order valence-electron chi connectivity index (χ3n) is 6.17. The number of methoxy groups -OCH3 is 1. The van der Waals surface area contributed by atoms with Gasteiger partial charge in [0.1, 0.15) is 24.2 Å². The highest BCUT2D eigenvalue weighted by atomic mass is 35.5. The molecule has 0 radical (unpaired) electrons. The van der Waals surface area contributed by atoms with Gasteiger partial charge in [-0.2, -0.15) is 10.1 Å². The second-order valence-corrected chi connectivity index (χ2v) is 8.59.